The molecule has 2 aromatic carbocycles. The average molecular weight is 340 g/mol. The third-order valence-electron chi connectivity index (χ3n) is 4.25. The molecule has 0 heterocycles. The summed E-state index contributed by atoms with van der Waals surface area (Å²) in [5.74, 6) is -0.594. The predicted molar refractivity (Wildman–Crippen MR) is 98.2 cm³/mol. The van der Waals surface area contributed by atoms with Gasteiger partial charge in [0.2, 0.25) is 0 Å². The van der Waals surface area contributed by atoms with Gasteiger partial charge in [-0.2, -0.15) is 12.6 Å². The number of rotatable bonds is 4. The van der Waals surface area contributed by atoms with Gasteiger partial charge in [-0.1, -0.05) is 30.3 Å². The molecule has 0 spiro atoms. The van der Waals surface area contributed by atoms with E-state index >= 15 is 0 Å². The third-order valence-corrected chi connectivity index (χ3v) is 4.62. The molecule has 4 heteroatoms. The second kappa shape index (κ2) is 6.65. The summed E-state index contributed by atoms with van der Waals surface area (Å²) >= 11 is 4.25. The molecule has 0 saturated heterocycles. The zero-order valence-electron chi connectivity index (χ0n) is 13.2. The number of benzene rings is 2. The molecule has 0 aliphatic heterocycles. The Kier molecular flexibility index (Phi) is 4.58. The van der Waals surface area contributed by atoms with Crippen LogP contribution in [0.25, 0.3) is 17.2 Å². The lowest BCUT2D eigenvalue weighted by Gasteiger charge is -2.05. The van der Waals surface area contributed by atoms with Crippen LogP contribution in [0.3, 0.4) is 0 Å². The van der Waals surface area contributed by atoms with E-state index in [2.05, 4.69) is 12.6 Å². The number of hydrogen-bond donors (Lipinski definition) is 2. The maximum absolute atomic E-state index is 13.6. The number of aliphatic carboxylic acids is 1. The number of carbonyl (C=O) groups is 1. The average Bonchev–Trinajstić information content (AvgIpc) is 2.80. The van der Waals surface area contributed by atoms with Crippen molar-refractivity contribution in [2.45, 2.75) is 19.1 Å². The summed E-state index contributed by atoms with van der Waals surface area (Å²) in [7, 11) is 0. The third kappa shape index (κ3) is 3.15. The van der Waals surface area contributed by atoms with Crippen molar-refractivity contribution in [3.63, 3.8) is 0 Å². The van der Waals surface area contributed by atoms with E-state index in [9.17, 15) is 9.18 Å². The van der Waals surface area contributed by atoms with Crippen LogP contribution in [0.5, 0.6) is 0 Å². The summed E-state index contributed by atoms with van der Waals surface area (Å²) in [6, 6.07) is 12.6. The molecule has 0 saturated carbocycles. The normalized spacial score (nSPS) is 15.0. The largest absolute Gasteiger partial charge is 0.481 e. The van der Waals surface area contributed by atoms with Gasteiger partial charge in [0.15, 0.2) is 0 Å². The highest BCUT2D eigenvalue weighted by molar-refractivity contribution is 7.79. The molecule has 0 aromatic heterocycles. The highest BCUT2D eigenvalue weighted by atomic mass is 32.1. The quantitative estimate of drug-likeness (QED) is 0.764. The fourth-order valence-electron chi connectivity index (χ4n) is 3.02. The van der Waals surface area contributed by atoms with E-state index in [1.54, 1.807) is 6.07 Å². The molecule has 3 rings (SSSR count). The van der Waals surface area contributed by atoms with Crippen LogP contribution in [0.1, 0.15) is 35.6 Å². The maximum Gasteiger partial charge on any atom is 0.307 e. The Labute approximate surface area is 145 Å². The van der Waals surface area contributed by atoms with E-state index in [1.807, 2.05) is 37.3 Å². The van der Waals surface area contributed by atoms with Crippen molar-refractivity contribution in [3.8, 4) is 0 Å². The Morgan fingerprint density at radius 2 is 1.88 bits per heavy atom. The van der Waals surface area contributed by atoms with E-state index in [-0.39, 0.29) is 12.2 Å². The monoisotopic (exact) mass is 340 g/mol. The first kappa shape index (κ1) is 16.5. The van der Waals surface area contributed by atoms with Crippen molar-refractivity contribution < 1.29 is 14.3 Å². The number of carboxylic acid groups (broad SMARTS) is 1. The number of carboxylic acids is 1. The minimum atomic E-state index is -0.918. The zero-order valence-corrected chi connectivity index (χ0v) is 14.1. The molecule has 0 amide bonds. The lowest BCUT2D eigenvalue weighted by atomic mass is 10.00. The maximum atomic E-state index is 13.6. The summed E-state index contributed by atoms with van der Waals surface area (Å²) < 4.78 is 13.6. The van der Waals surface area contributed by atoms with Crippen LogP contribution in [0.4, 0.5) is 4.39 Å². The van der Waals surface area contributed by atoms with Crippen molar-refractivity contribution in [3.05, 3.63) is 76.1 Å². The molecule has 0 radical (unpaired) electrons. The van der Waals surface area contributed by atoms with Crippen LogP contribution in [-0.4, -0.2) is 11.1 Å². The lowest BCUT2D eigenvalue weighted by molar-refractivity contribution is -0.135. The summed E-state index contributed by atoms with van der Waals surface area (Å²) in [5.41, 5.74) is 6.21. The Morgan fingerprint density at radius 3 is 2.50 bits per heavy atom. The molecule has 24 heavy (non-hydrogen) atoms. The van der Waals surface area contributed by atoms with Gasteiger partial charge in [0.05, 0.1) is 6.42 Å². The van der Waals surface area contributed by atoms with Gasteiger partial charge < -0.3 is 5.11 Å². The van der Waals surface area contributed by atoms with Crippen LogP contribution < -0.4 is 0 Å². The van der Waals surface area contributed by atoms with Crippen molar-refractivity contribution in [2.75, 3.05) is 0 Å². The molecule has 0 fully saturated rings. The molecule has 122 valence electrons. The molecular formula is C20H17FO2S. The highest BCUT2D eigenvalue weighted by Gasteiger charge is 2.25. The topological polar surface area (TPSA) is 37.3 Å². The van der Waals surface area contributed by atoms with E-state index in [1.165, 1.54) is 12.1 Å². The Balaban J connectivity index is 2.11. The fourth-order valence-corrected chi connectivity index (χ4v) is 3.23. The van der Waals surface area contributed by atoms with Crippen molar-refractivity contribution in [2.24, 2.45) is 0 Å². The number of hydrogen-bond acceptors (Lipinski definition) is 2. The van der Waals surface area contributed by atoms with Gasteiger partial charge in [-0.3, -0.25) is 4.79 Å². The molecule has 0 unspecified atom stereocenters. The molecule has 0 bridgehead atoms. The van der Waals surface area contributed by atoms with Gasteiger partial charge in [0.1, 0.15) is 5.82 Å². The lowest BCUT2D eigenvalue weighted by Crippen LogP contribution is -1.97. The highest BCUT2D eigenvalue weighted by Crippen LogP contribution is 2.43. The fraction of sp³-hybridized carbons (Fsp3) is 0.150. The van der Waals surface area contributed by atoms with Crippen molar-refractivity contribution in [1.82, 2.24) is 0 Å². The second-order valence-corrected chi connectivity index (χ2v) is 6.14. The van der Waals surface area contributed by atoms with E-state index < -0.39 is 5.97 Å². The first-order valence-electron chi connectivity index (χ1n) is 7.63. The molecule has 1 aliphatic carbocycles. The summed E-state index contributed by atoms with van der Waals surface area (Å²) in [6.45, 7) is 1.89. The molecule has 1 aliphatic rings. The molecule has 0 atom stereocenters. The molecule has 2 nitrogen and oxygen atoms in total. The first-order valence-corrected chi connectivity index (χ1v) is 8.26. The standard InChI is InChI=1S/C20H17FO2S/c1-12-17(8-13-2-4-14(11-24)5-3-13)16-7-6-15(21)9-19(16)18(12)10-20(22)23/h2-9,24H,10-11H2,1H3,(H,22,23). The van der Waals surface area contributed by atoms with E-state index in [4.69, 9.17) is 5.11 Å². The number of halogens is 1. The van der Waals surface area contributed by atoms with Crippen LogP contribution in [-0.2, 0) is 10.5 Å². The summed E-state index contributed by atoms with van der Waals surface area (Å²) in [6.07, 6.45) is 1.90. The summed E-state index contributed by atoms with van der Waals surface area (Å²) in [4.78, 5) is 11.2. The first-order chi connectivity index (χ1) is 11.5. The second-order valence-electron chi connectivity index (χ2n) is 5.82. The van der Waals surface area contributed by atoms with Gasteiger partial charge in [-0.25, -0.2) is 4.39 Å². The number of thiol groups is 1. The van der Waals surface area contributed by atoms with Crippen LogP contribution in [0.2, 0.25) is 0 Å². The minimum Gasteiger partial charge on any atom is -0.481 e. The Morgan fingerprint density at radius 1 is 1.17 bits per heavy atom. The Hall–Kier alpha value is -2.33. The predicted octanol–water partition coefficient (Wildman–Crippen LogP) is 5.06. The SMILES string of the molecule is CC1=C(CC(=O)O)c2cc(F)ccc2C1=Cc1ccc(CS)cc1. The van der Waals surface area contributed by atoms with Crippen LogP contribution in [0, 0.1) is 5.82 Å². The van der Waals surface area contributed by atoms with Crippen LogP contribution in [0.15, 0.2) is 48.0 Å². The molecular weight excluding hydrogens is 323 g/mol. The van der Waals surface area contributed by atoms with Gasteiger partial charge >= 0.3 is 5.97 Å². The summed E-state index contributed by atoms with van der Waals surface area (Å²) in [5, 5.41) is 9.17. The van der Waals surface area contributed by atoms with Gasteiger partial charge in [-0.15, -0.1) is 0 Å². The van der Waals surface area contributed by atoms with Crippen molar-refractivity contribution >= 4 is 35.8 Å². The molecule has 2 aromatic rings. The van der Waals surface area contributed by atoms with Crippen molar-refractivity contribution in [1.29, 1.82) is 0 Å². The van der Waals surface area contributed by atoms with E-state index in [0.717, 1.165) is 27.8 Å². The number of allylic oxidation sites excluding steroid dienone is 2. The Bertz CT molecular complexity index is 864. The minimum absolute atomic E-state index is 0.113. The van der Waals surface area contributed by atoms with Gasteiger partial charge in [0.25, 0.3) is 0 Å². The van der Waals surface area contributed by atoms with Gasteiger partial charge in [0, 0.05) is 5.75 Å². The zero-order chi connectivity index (χ0) is 17.3. The smallest absolute Gasteiger partial charge is 0.307 e. The number of fused-ring (bicyclic) bond motifs is 1. The van der Waals surface area contributed by atoms with Crippen LogP contribution >= 0.6 is 12.6 Å². The van der Waals surface area contributed by atoms with Gasteiger partial charge in [-0.05, 0) is 64.1 Å². The van der Waals surface area contributed by atoms with E-state index in [0.29, 0.717) is 16.9 Å². The molecule has 1 N–H and O–H groups in total.